The van der Waals surface area contributed by atoms with Crippen molar-refractivity contribution in [3.8, 4) is 0 Å². The molecule has 1 unspecified atom stereocenters. The molecule has 1 aromatic rings. The number of hydrogen-bond acceptors (Lipinski definition) is 1. The average molecular weight is 335 g/mol. The van der Waals surface area contributed by atoms with Gasteiger partial charge >= 0.3 is 12.4 Å². The Morgan fingerprint density at radius 2 is 1.43 bits per heavy atom. The van der Waals surface area contributed by atoms with Crippen molar-refractivity contribution in [1.82, 2.24) is 0 Å². The summed E-state index contributed by atoms with van der Waals surface area (Å²) >= 11 is 0. The van der Waals surface area contributed by atoms with E-state index in [0.29, 0.717) is 31.4 Å². The Bertz CT molecular complexity index is 565. The second-order valence-electron chi connectivity index (χ2n) is 5.26. The summed E-state index contributed by atoms with van der Waals surface area (Å²) in [5, 5.41) is 2.75. The van der Waals surface area contributed by atoms with Crippen LogP contribution in [0.25, 0.3) is 0 Å². The summed E-state index contributed by atoms with van der Waals surface area (Å²) in [5.74, 6) is 0. The van der Waals surface area contributed by atoms with E-state index in [2.05, 4.69) is 5.32 Å². The Labute approximate surface area is 129 Å². The van der Waals surface area contributed by atoms with Gasteiger partial charge in [-0.3, -0.25) is 0 Å². The summed E-state index contributed by atoms with van der Waals surface area (Å²) in [5.41, 5.74) is -2.82. The predicted molar refractivity (Wildman–Crippen MR) is 76.0 cm³/mol. The predicted octanol–water partition coefficient (Wildman–Crippen LogP) is 5.80. The summed E-state index contributed by atoms with van der Waals surface area (Å²) < 4.78 is 76.9. The van der Waals surface area contributed by atoms with Gasteiger partial charge in [0.15, 0.2) is 0 Å². The van der Waals surface area contributed by atoms with Crippen LogP contribution in [0.15, 0.2) is 42.5 Å². The third kappa shape index (κ3) is 5.04. The maximum atomic E-state index is 12.8. The standard InChI is InChI=1S/C16H15F6N/c17-15(18,19)11-8-12(16(20,21)22)10-14(9-11)23-13-6-4-2-1-3-5-7-13/h1-2,5,7-10,13,23H,3-4,6H2/b2-1-,7-5-. The molecule has 1 nitrogen and oxygen atoms in total. The van der Waals surface area contributed by atoms with E-state index in [-0.39, 0.29) is 17.8 Å². The van der Waals surface area contributed by atoms with Gasteiger partial charge in [0.1, 0.15) is 0 Å². The molecule has 2 rings (SSSR count). The first-order valence-electron chi connectivity index (χ1n) is 7.04. The first kappa shape index (κ1) is 17.4. The second kappa shape index (κ2) is 6.68. The largest absolute Gasteiger partial charge is 0.416 e. The van der Waals surface area contributed by atoms with Crippen molar-refractivity contribution in [1.29, 1.82) is 0 Å². The molecule has 0 radical (unpaired) electrons. The molecule has 23 heavy (non-hydrogen) atoms. The zero-order valence-electron chi connectivity index (χ0n) is 12.0. The molecule has 0 saturated heterocycles. The molecule has 1 N–H and O–H groups in total. The Hall–Kier alpha value is -1.92. The van der Waals surface area contributed by atoms with E-state index in [9.17, 15) is 26.3 Å². The van der Waals surface area contributed by atoms with Crippen LogP contribution in [-0.2, 0) is 12.4 Å². The lowest BCUT2D eigenvalue weighted by molar-refractivity contribution is -0.143. The Balaban J connectivity index is 2.31. The first-order chi connectivity index (χ1) is 10.7. The number of hydrogen-bond donors (Lipinski definition) is 1. The van der Waals surface area contributed by atoms with E-state index >= 15 is 0 Å². The number of benzene rings is 1. The van der Waals surface area contributed by atoms with Crippen LogP contribution >= 0.6 is 0 Å². The number of halogens is 6. The highest BCUT2D eigenvalue weighted by Crippen LogP contribution is 2.37. The molecule has 1 aliphatic carbocycles. The molecule has 0 aliphatic heterocycles. The van der Waals surface area contributed by atoms with Gasteiger partial charge in [0.2, 0.25) is 0 Å². The fourth-order valence-electron chi connectivity index (χ4n) is 2.28. The fourth-order valence-corrected chi connectivity index (χ4v) is 2.28. The van der Waals surface area contributed by atoms with Gasteiger partial charge in [-0.1, -0.05) is 24.3 Å². The number of allylic oxidation sites excluding steroid dienone is 3. The first-order valence-corrected chi connectivity index (χ1v) is 7.04. The molecular weight excluding hydrogens is 320 g/mol. The van der Waals surface area contributed by atoms with Crippen molar-refractivity contribution < 1.29 is 26.3 Å². The average Bonchev–Trinajstić information content (AvgIpc) is 2.39. The lowest BCUT2D eigenvalue weighted by Gasteiger charge is -2.20. The van der Waals surface area contributed by atoms with Crippen LogP contribution in [0.4, 0.5) is 32.0 Å². The minimum atomic E-state index is -4.84. The Morgan fingerprint density at radius 1 is 0.826 bits per heavy atom. The summed E-state index contributed by atoms with van der Waals surface area (Å²) in [6, 6.07) is 1.22. The highest BCUT2D eigenvalue weighted by molar-refractivity contribution is 5.51. The van der Waals surface area contributed by atoms with Crippen LogP contribution in [0, 0.1) is 0 Å². The van der Waals surface area contributed by atoms with Crippen LogP contribution in [0.5, 0.6) is 0 Å². The third-order valence-corrected chi connectivity index (χ3v) is 3.39. The van der Waals surface area contributed by atoms with Crippen LogP contribution in [0.3, 0.4) is 0 Å². The summed E-state index contributed by atoms with van der Waals surface area (Å²) in [6.45, 7) is 0. The number of rotatable bonds is 2. The molecule has 0 amide bonds. The molecule has 0 heterocycles. The highest BCUT2D eigenvalue weighted by atomic mass is 19.4. The molecule has 0 aromatic heterocycles. The number of anilines is 1. The van der Waals surface area contributed by atoms with E-state index in [4.69, 9.17) is 0 Å². The van der Waals surface area contributed by atoms with Crippen LogP contribution in [0.1, 0.15) is 30.4 Å². The van der Waals surface area contributed by atoms with Gasteiger partial charge in [0.25, 0.3) is 0 Å². The van der Waals surface area contributed by atoms with E-state index in [1.165, 1.54) is 0 Å². The van der Waals surface area contributed by atoms with Crippen molar-refractivity contribution in [3.63, 3.8) is 0 Å². The molecule has 1 atom stereocenters. The van der Waals surface area contributed by atoms with Crippen molar-refractivity contribution in [2.24, 2.45) is 0 Å². The molecule has 1 aromatic carbocycles. The SMILES string of the molecule is FC(F)(F)c1cc(NC2/C=C\C/C=C\CC2)cc(C(F)(F)F)c1. The van der Waals surface area contributed by atoms with Crippen LogP contribution < -0.4 is 5.32 Å². The molecule has 0 spiro atoms. The number of nitrogens with one attached hydrogen (secondary N) is 1. The maximum absolute atomic E-state index is 12.8. The highest BCUT2D eigenvalue weighted by Gasteiger charge is 2.37. The molecule has 0 bridgehead atoms. The molecule has 126 valence electrons. The van der Waals surface area contributed by atoms with Gasteiger partial charge < -0.3 is 5.32 Å². The Kier molecular flexibility index (Phi) is 5.06. The quantitative estimate of drug-likeness (QED) is 0.532. The summed E-state index contributed by atoms with van der Waals surface area (Å²) in [7, 11) is 0. The van der Waals surface area contributed by atoms with Crippen molar-refractivity contribution in [2.75, 3.05) is 5.32 Å². The normalized spacial score (nSPS) is 22.1. The van der Waals surface area contributed by atoms with E-state index in [1.807, 2.05) is 18.2 Å². The van der Waals surface area contributed by atoms with Crippen LogP contribution in [-0.4, -0.2) is 6.04 Å². The summed E-state index contributed by atoms with van der Waals surface area (Å²) in [4.78, 5) is 0. The molecule has 0 fully saturated rings. The third-order valence-electron chi connectivity index (χ3n) is 3.39. The van der Waals surface area contributed by atoms with Crippen molar-refractivity contribution >= 4 is 5.69 Å². The van der Waals surface area contributed by atoms with Gasteiger partial charge in [-0.2, -0.15) is 26.3 Å². The Morgan fingerprint density at radius 3 is 2.00 bits per heavy atom. The maximum Gasteiger partial charge on any atom is 0.416 e. The topological polar surface area (TPSA) is 12.0 Å². The lowest BCUT2D eigenvalue weighted by atomic mass is 10.0. The van der Waals surface area contributed by atoms with E-state index in [0.717, 1.165) is 0 Å². The molecular formula is C16H15F6N. The molecule has 0 saturated carbocycles. The van der Waals surface area contributed by atoms with Crippen molar-refractivity contribution in [3.05, 3.63) is 53.6 Å². The van der Waals surface area contributed by atoms with Gasteiger partial charge in [0.05, 0.1) is 11.1 Å². The van der Waals surface area contributed by atoms with E-state index < -0.39 is 23.5 Å². The zero-order chi connectivity index (χ0) is 17.1. The van der Waals surface area contributed by atoms with E-state index in [1.54, 1.807) is 6.08 Å². The summed E-state index contributed by atoms with van der Waals surface area (Å²) in [6.07, 6.45) is -0.215. The smallest absolute Gasteiger partial charge is 0.379 e. The zero-order valence-corrected chi connectivity index (χ0v) is 12.0. The van der Waals surface area contributed by atoms with Gasteiger partial charge in [-0.15, -0.1) is 0 Å². The monoisotopic (exact) mass is 335 g/mol. The van der Waals surface area contributed by atoms with Gasteiger partial charge in [0, 0.05) is 11.7 Å². The number of alkyl halides is 6. The lowest BCUT2D eigenvalue weighted by Crippen LogP contribution is -2.19. The van der Waals surface area contributed by atoms with Gasteiger partial charge in [-0.25, -0.2) is 0 Å². The van der Waals surface area contributed by atoms with Crippen molar-refractivity contribution in [2.45, 2.75) is 37.7 Å². The minimum Gasteiger partial charge on any atom is -0.379 e. The molecule has 7 heteroatoms. The fraction of sp³-hybridized carbons (Fsp3) is 0.375. The molecule has 1 aliphatic rings. The second-order valence-corrected chi connectivity index (χ2v) is 5.26. The minimum absolute atomic E-state index is 0.127. The van der Waals surface area contributed by atoms with Crippen LogP contribution in [0.2, 0.25) is 0 Å². The van der Waals surface area contributed by atoms with Gasteiger partial charge in [-0.05, 0) is 37.5 Å².